The maximum absolute atomic E-state index is 13.1. The lowest BCUT2D eigenvalue weighted by Gasteiger charge is -2.23. The first-order valence-electron chi connectivity index (χ1n) is 11.1. The van der Waals surface area contributed by atoms with E-state index in [2.05, 4.69) is 36.5 Å². The topological polar surface area (TPSA) is 98.5 Å². The first-order chi connectivity index (χ1) is 16.2. The highest BCUT2D eigenvalue weighted by atomic mass is 16.1. The largest absolute Gasteiger partial charge is 0.378 e. The maximum Gasteiger partial charge on any atom is 0.182 e. The Morgan fingerprint density at radius 3 is 2.94 bits per heavy atom. The molecule has 0 saturated carbocycles. The number of aryl methyl sites for hydroxylation is 1. The molecule has 4 aromatic rings. The van der Waals surface area contributed by atoms with Crippen LogP contribution in [0.2, 0.25) is 0 Å². The molecule has 0 unspecified atom stereocenters. The molecule has 5 rings (SSSR count). The number of ketones is 1. The monoisotopic (exact) mass is 439 g/mol. The zero-order valence-corrected chi connectivity index (χ0v) is 18.5. The fourth-order valence-corrected chi connectivity index (χ4v) is 4.39. The van der Waals surface area contributed by atoms with Crippen molar-refractivity contribution in [2.24, 2.45) is 7.05 Å². The normalized spacial score (nSPS) is 15.1. The third-order valence-electron chi connectivity index (χ3n) is 6.15. The van der Waals surface area contributed by atoms with Gasteiger partial charge in [0, 0.05) is 48.7 Å². The molecule has 1 N–H and O–H groups in total. The van der Waals surface area contributed by atoms with Crippen molar-refractivity contribution in [2.45, 2.75) is 38.1 Å². The summed E-state index contributed by atoms with van der Waals surface area (Å²) < 4.78 is 1.90. The van der Waals surface area contributed by atoms with Crippen molar-refractivity contribution >= 4 is 11.5 Å². The van der Waals surface area contributed by atoms with Crippen molar-refractivity contribution in [1.29, 1.82) is 0 Å². The molecular weight excluding hydrogens is 414 g/mol. The summed E-state index contributed by atoms with van der Waals surface area (Å²) in [4.78, 5) is 25.8. The van der Waals surface area contributed by atoms with Gasteiger partial charge in [-0.3, -0.25) is 9.78 Å². The SMILES string of the molecule is Cn1c(CNc2cccc(C(=O)C[C@H]3CCCc4cccnc43)c2)nnc1-c1ccncn1. The fraction of sp³-hybridized carbons (Fsp3) is 0.280. The van der Waals surface area contributed by atoms with Gasteiger partial charge in [0.05, 0.1) is 6.54 Å². The molecule has 1 aromatic carbocycles. The first-order valence-corrected chi connectivity index (χ1v) is 11.1. The van der Waals surface area contributed by atoms with Crippen LogP contribution in [0.1, 0.15) is 52.6 Å². The molecule has 1 atom stereocenters. The number of anilines is 1. The van der Waals surface area contributed by atoms with Crippen LogP contribution in [0, 0.1) is 0 Å². The number of hydrogen-bond acceptors (Lipinski definition) is 7. The summed E-state index contributed by atoms with van der Waals surface area (Å²) in [6, 6.07) is 13.6. The Bertz CT molecular complexity index is 1270. The Balaban J connectivity index is 1.26. The Labute approximate surface area is 192 Å². The van der Waals surface area contributed by atoms with Gasteiger partial charge in [-0.05, 0) is 49.1 Å². The van der Waals surface area contributed by atoms with E-state index in [1.807, 2.05) is 48.1 Å². The van der Waals surface area contributed by atoms with Crippen LogP contribution in [-0.4, -0.2) is 35.5 Å². The van der Waals surface area contributed by atoms with E-state index in [0.29, 0.717) is 24.4 Å². The molecule has 8 nitrogen and oxygen atoms in total. The number of carbonyl (C=O) groups is 1. The molecule has 8 heteroatoms. The van der Waals surface area contributed by atoms with Gasteiger partial charge < -0.3 is 9.88 Å². The standard InChI is InChI=1S/C25H25N7O/c1-32-23(30-31-25(32)21-10-12-26-16-29-21)15-28-20-9-3-6-18(13-20)22(33)14-19-7-2-5-17-8-4-11-27-24(17)19/h3-4,6,8-13,16,19,28H,2,5,7,14-15H2,1H3/t19-/m1/s1. The van der Waals surface area contributed by atoms with Gasteiger partial charge in [-0.25, -0.2) is 9.97 Å². The van der Waals surface area contributed by atoms with E-state index in [0.717, 1.165) is 42.2 Å². The van der Waals surface area contributed by atoms with Crippen LogP contribution in [0.15, 0.2) is 61.2 Å². The third-order valence-corrected chi connectivity index (χ3v) is 6.15. The summed E-state index contributed by atoms with van der Waals surface area (Å²) in [6.45, 7) is 0.478. The van der Waals surface area contributed by atoms with Crippen LogP contribution in [0.25, 0.3) is 11.5 Å². The predicted molar refractivity (Wildman–Crippen MR) is 125 cm³/mol. The average Bonchev–Trinajstić information content (AvgIpc) is 3.24. The number of hydrogen-bond donors (Lipinski definition) is 1. The third kappa shape index (κ3) is 4.50. The number of rotatable bonds is 7. The zero-order chi connectivity index (χ0) is 22.6. The Morgan fingerprint density at radius 1 is 1.12 bits per heavy atom. The van der Waals surface area contributed by atoms with Crippen LogP contribution in [-0.2, 0) is 20.0 Å². The molecule has 0 aliphatic heterocycles. The van der Waals surface area contributed by atoms with Gasteiger partial charge in [-0.2, -0.15) is 0 Å². The van der Waals surface area contributed by atoms with Gasteiger partial charge in [0.2, 0.25) is 0 Å². The number of nitrogens with one attached hydrogen (secondary N) is 1. The van der Waals surface area contributed by atoms with Gasteiger partial charge in [-0.15, -0.1) is 10.2 Å². The van der Waals surface area contributed by atoms with E-state index in [9.17, 15) is 4.79 Å². The maximum atomic E-state index is 13.1. The molecule has 0 radical (unpaired) electrons. The molecular formula is C25H25N7O. The second-order valence-corrected chi connectivity index (χ2v) is 8.29. The minimum Gasteiger partial charge on any atom is -0.378 e. The quantitative estimate of drug-likeness (QED) is 0.435. The molecule has 0 spiro atoms. The van der Waals surface area contributed by atoms with Gasteiger partial charge in [0.15, 0.2) is 17.4 Å². The molecule has 0 bridgehead atoms. The number of benzene rings is 1. The molecule has 166 valence electrons. The fourth-order valence-electron chi connectivity index (χ4n) is 4.39. The van der Waals surface area contributed by atoms with Crippen molar-refractivity contribution in [3.63, 3.8) is 0 Å². The molecule has 1 aliphatic carbocycles. The van der Waals surface area contributed by atoms with Crippen molar-refractivity contribution < 1.29 is 4.79 Å². The highest BCUT2D eigenvalue weighted by Crippen LogP contribution is 2.33. The van der Waals surface area contributed by atoms with E-state index in [1.165, 1.54) is 11.9 Å². The number of carbonyl (C=O) groups excluding carboxylic acids is 1. The smallest absolute Gasteiger partial charge is 0.182 e. The van der Waals surface area contributed by atoms with Crippen LogP contribution in [0.4, 0.5) is 5.69 Å². The van der Waals surface area contributed by atoms with Crippen molar-refractivity contribution in [2.75, 3.05) is 5.32 Å². The van der Waals surface area contributed by atoms with E-state index in [4.69, 9.17) is 0 Å². The average molecular weight is 440 g/mol. The lowest BCUT2D eigenvalue weighted by Crippen LogP contribution is -2.15. The summed E-state index contributed by atoms with van der Waals surface area (Å²) >= 11 is 0. The Kier molecular flexibility index (Phi) is 5.89. The lowest BCUT2D eigenvalue weighted by atomic mass is 9.83. The van der Waals surface area contributed by atoms with Crippen molar-refractivity contribution in [1.82, 2.24) is 29.7 Å². The minimum atomic E-state index is 0.145. The molecule has 0 fully saturated rings. The molecule has 33 heavy (non-hydrogen) atoms. The molecule has 0 amide bonds. The van der Waals surface area contributed by atoms with Gasteiger partial charge >= 0.3 is 0 Å². The Morgan fingerprint density at radius 2 is 2.06 bits per heavy atom. The predicted octanol–water partition coefficient (Wildman–Crippen LogP) is 3.97. The second-order valence-electron chi connectivity index (χ2n) is 8.29. The summed E-state index contributed by atoms with van der Waals surface area (Å²) in [7, 11) is 1.91. The van der Waals surface area contributed by atoms with Crippen LogP contribution < -0.4 is 5.32 Å². The molecule has 1 aliphatic rings. The summed E-state index contributed by atoms with van der Waals surface area (Å²) in [5.74, 6) is 1.79. The number of aromatic nitrogens is 6. The van der Waals surface area contributed by atoms with E-state index >= 15 is 0 Å². The van der Waals surface area contributed by atoms with Crippen molar-refractivity contribution in [3.05, 3.63) is 83.8 Å². The van der Waals surface area contributed by atoms with Crippen LogP contribution in [0.5, 0.6) is 0 Å². The Hall–Kier alpha value is -3.94. The number of fused-ring (bicyclic) bond motifs is 1. The van der Waals surface area contributed by atoms with Gasteiger partial charge in [0.25, 0.3) is 0 Å². The number of nitrogens with zero attached hydrogens (tertiary/aromatic N) is 6. The van der Waals surface area contributed by atoms with E-state index in [1.54, 1.807) is 12.3 Å². The summed E-state index contributed by atoms with van der Waals surface area (Å²) in [6.07, 6.45) is 8.65. The van der Waals surface area contributed by atoms with E-state index in [-0.39, 0.29) is 11.7 Å². The summed E-state index contributed by atoms with van der Waals surface area (Å²) in [5.41, 5.74) is 4.67. The first kappa shape index (κ1) is 20.9. The lowest BCUT2D eigenvalue weighted by molar-refractivity contribution is 0.0970. The van der Waals surface area contributed by atoms with E-state index < -0.39 is 0 Å². The minimum absolute atomic E-state index is 0.145. The number of Topliss-reactive ketones (excluding diaryl/α,β-unsaturated/α-hetero) is 1. The second kappa shape index (κ2) is 9.28. The zero-order valence-electron chi connectivity index (χ0n) is 18.5. The highest BCUT2D eigenvalue weighted by molar-refractivity contribution is 5.97. The summed E-state index contributed by atoms with van der Waals surface area (Å²) in [5, 5.41) is 11.9. The molecule has 3 aromatic heterocycles. The van der Waals surface area contributed by atoms with Crippen molar-refractivity contribution in [3.8, 4) is 11.5 Å². The van der Waals surface area contributed by atoms with Crippen LogP contribution >= 0.6 is 0 Å². The highest BCUT2D eigenvalue weighted by Gasteiger charge is 2.24. The van der Waals surface area contributed by atoms with Crippen LogP contribution in [0.3, 0.4) is 0 Å². The molecule has 3 heterocycles. The van der Waals surface area contributed by atoms with Gasteiger partial charge in [-0.1, -0.05) is 18.2 Å². The van der Waals surface area contributed by atoms with Gasteiger partial charge in [0.1, 0.15) is 12.0 Å². The molecule has 0 saturated heterocycles. The number of pyridine rings is 1.